The first-order chi connectivity index (χ1) is 11.2. The minimum Gasteiger partial charge on any atom is -0.355 e. The molecule has 0 radical (unpaired) electrons. The van der Waals surface area contributed by atoms with Crippen LogP contribution in [-0.4, -0.2) is 44.8 Å². The smallest absolute Gasteiger partial charge is 0.220 e. The predicted molar refractivity (Wildman–Crippen MR) is 88.4 cm³/mol. The maximum atomic E-state index is 11.9. The second kappa shape index (κ2) is 6.93. The van der Waals surface area contributed by atoms with Crippen LogP contribution < -0.4 is 10.2 Å². The summed E-state index contributed by atoms with van der Waals surface area (Å²) >= 11 is 0. The SMILES string of the molecule is CC[C@H](C)NC(=O)CCc1nnc2ccc(N3CCCC3)nn12. The fraction of sp³-hybridized carbons (Fsp3) is 0.625. The third-order valence-electron chi connectivity index (χ3n) is 4.34. The van der Waals surface area contributed by atoms with Crippen LogP contribution in [0.3, 0.4) is 0 Å². The second-order valence-corrected chi connectivity index (χ2v) is 6.15. The zero-order valence-electron chi connectivity index (χ0n) is 13.8. The van der Waals surface area contributed by atoms with E-state index in [0.29, 0.717) is 12.8 Å². The minimum absolute atomic E-state index is 0.0480. The van der Waals surface area contributed by atoms with Crippen LogP contribution in [0.5, 0.6) is 0 Å². The molecule has 1 aliphatic heterocycles. The molecular formula is C16H24N6O. The van der Waals surface area contributed by atoms with Gasteiger partial charge in [-0.15, -0.1) is 15.3 Å². The first-order valence-electron chi connectivity index (χ1n) is 8.43. The van der Waals surface area contributed by atoms with E-state index in [2.05, 4.69) is 32.4 Å². The van der Waals surface area contributed by atoms with E-state index in [-0.39, 0.29) is 11.9 Å². The van der Waals surface area contributed by atoms with Gasteiger partial charge in [-0.25, -0.2) is 0 Å². The highest BCUT2D eigenvalue weighted by Gasteiger charge is 2.16. The van der Waals surface area contributed by atoms with Crippen molar-refractivity contribution in [3.63, 3.8) is 0 Å². The van der Waals surface area contributed by atoms with E-state index in [1.807, 2.05) is 19.1 Å². The Balaban J connectivity index is 1.70. The summed E-state index contributed by atoms with van der Waals surface area (Å²) < 4.78 is 1.77. The van der Waals surface area contributed by atoms with Crippen molar-refractivity contribution in [2.24, 2.45) is 0 Å². The highest BCUT2D eigenvalue weighted by Crippen LogP contribution is 2.18. The topological polar surface area (TPSA) is 75.4 Å². The van der Waals surface area contributed by atoms with Crippen LogP contribution >= 0.6 is 0 Å². The van der Waals surface area contributed by atoms with Gasteiger partial charge in [0.25, 0.3) is 0 Å². The normalized spacial score (nSPS) is 16.0. The molecule has 1 saturated heterocycles. The van der Waals surface area contributed by atoms with Gasteiger partial charge in [0, 0.05) is 32.0 Å². The van der Waals surface area contributed by atoms with Gasteiger partial charge in [0.1, 0.15) is 5.82 Å². The Morgan fingerprint density at radius 3 is 2.83 bits per heavy atom. The lowest BCUT2D eigenvalue weighted by Gasteiger charge is -2.15. The van der Waals surface area contributed by atoms with Crippen LogP contribution in [-0.2, 0) is 11.2 Å². The fourth-order valence-electron chi connectivity index (χ4n) is 2.77. The molecule has 0 aliphatic carbocycles. The number of rotatable bonds is 6. The van der Waals surface area contributed by atoms with E-state index in [4.69, 9.17) is 0 Å². The van der Waals surface area contributed by atoms with E-state index in [0.717, 1.165) is 36.8 Å². The molecule has 0 spiro atoms. The quantitative estimate of drug-likeness (QED) is 0.875. The van der Waals surface area contributed by atoms with Crippen molar-refractivity contribution in [2.45, 2.75) is 52.0 Å². The monoisotopic (exact) mass is 316 g/mol. The van der Waals surface area contributed by atoms with Crippen LogP contribution in [0.1, 0.15) is 45.4 Å². The third-order valence-corrected chi connectivity index (χ3v) is 4.34. The van der Waals surface area contributed by atoms with Crippen molar-refractivity contribution in [1.29, 1.82) is 0 Å². The molecule has 1 aliphatic rings. The Hall–Kier alpha value is -2.18. The summed E-state index contributed by atoms with van der Waals surface area (Å²) in [5.74, 6) is 1.74. The largest absolute Gasteiger partial charge is 0.355 e. The molecule has 2 aromatic heterocycles. The zero-order chi connectivity index (χ0) is 16.2. The molecule has 0 aromatic carbocycles. The lowest BCUT2D eigenvalue weighted by atomic mass is 10.2. The summed E-state index contributed by atoms with van der Waals surface area (Å²) in [7, 11) is 0. The number of anilines is 1. The van der Waals surface area contributed by atoms with Crippen molar-refractivity contribution in [1.82, 2.24) is 25.1 Å². The predicted octanol–water partition coefficient (Wildman–Crippen LogP) is 1.57. The van der Waals surface area contributed by atoms with E-state index < -0.39 is 0 Å². The van der Waals surface area contributed by atoms with Gasteiger partial charge in [-0.1, -0.05) is 6.92 Å². The van der Waals surface area contributed by atoms with Crippen molar-refractivity contribution in [2.75, 3.05) is 18.0 Å². The molecule has 0 unspecified atom stereocenters. The molecule has 1 fully saturated rings. The number of nitrogens with one attached hydrogen (secondary N) is 1. The maximum absolute atomic E-state index is 11.9. The number of carbonyl (C=O) groups excluding carboxylic acids is 1. The van der Waals surface area contributed by atoms with Crippen LogP contribution in [0.4, 0.5) is 5.82 Å². The lowest BCUT2D eigenvalue weighted by Crippen LogP contribution is -2.32. The highest BCUT2D eigenvalue weighted by molar-refractivity contribution is 5.76. The van der Waals surface area contributed by atoms with Crippen LogP contribution in [0.2, 0.25) is 0 Å². The number of aryl methyl sites for hydroxylation is 1. The molecule has 1 N–H and O–H groups in total. The second-order valence-electron chi connectivity index (χ2n) is 6.15. The van der Waals surface area contributed by atoms with Crippen molar-refractivity contribution in [3.8, 4) is 0 Å². The Morgan fingerprint density at radius 1 is 1.30 bits per heavy atom. The first kappa shape index (κ1) is 15.7. The summed E-state index contributed by atoms with van der Waals surface area (Å²) in [4.78, 5) is 14.2. The minimum atomic E-state index is 0.0480. The fourth-order valence-corrected chi connectivity index (χ4v) is 2.77. The van der Waals surface area contributed by atoms with Crippen molar-refractivity contribution < 1.29 is 4.79 Å². The standard InChI is InChI=1S/C16H24N6O/c1-3-12(2)17-16(23)9-8-14-19-18-13-6-7-15(20-22(13)14)21-10-4-5-11-21/h6-7,12H,3-5,8-11H2,1-2H3,(H,17,23)/t12-/m0/s1. The van der Waals surface area contributed by atoms with E-state index in [9.17, 15) is 4.79 Å². The van der Waals surface area contributed by atoms with Gasteiger partial charge in [-0.3, -0.25) is 4.79 Å². The van der Waals surface area contributed by atoms with Gasteiger partial charge in [0.05, 0.1) is 0 Å². The van der Waals surface area contributed by atoms with Gasteiger partial charge >= 0.3 is 0 Å². The number of hydrogen-bond donors (Lipinski definition) is 1. The van der Waals surface area contributed by atoms with Gasteiger partial charge in [0.15, 0.2) is 11.5 Å². The number of fused-ring (bicyclic) bond motifs is 1. The molecule has 1 atom stereocenters. The molecule has 7 nitrogen and oxygen atoms in total. The molecule has 0 bridgehead atoms. The Kier molecular flexibility index (Phi) is 4.73. The van der Waals surface area contributed by atoms with Crippen molar-refractivity contribution in [3.05, 3.63) is 18.0 Å². The Morgan fingerprint density at radius 2 is 2.09 bits per heavy atom. The first-order valence-corrected chi connectivity index (χ1v) is 8.43. The van der Waals surface area contributed by atoms with Crippen LogP contribution in [0.25, 0.3) is 5.65 Å². The highest BCUT2D eigenvalue weighted by atomic mass is 16.1. The van der Waals surface area contributed by atoms with Crippen LogP contribution in [0, 0.1) is 0 Å². The summed E-state index contributed by atoms with van der Waals surface area (Å²) in [5, 5.41) is 16.0. The zero-order valence-corrected chi connectivity index (χ0v) is 13.8. The van der Waals surface area contributed by atoms with Crippen LogP contribution in [0.15, 0.2) is 12.1 Å². The average molecular weight is 316 g/mol. The number of aromatic nitrogens is 4. The summed E-state index contributed by atoms with van der Waals surface area (Å²) in [6, 6.07) is 4.14. The molecule has 1 amide bonds. The van der Waals surface area contributed by atoms with Gasteiger partial charge < -0.3 is 10.2 Å². The van der Waals surface area contributed by atoms with E-state index in [1.54, 1.807) is 4.52 Å². The molecule has 3 rings (SSSR count). The number of hydrogen-bond acceptors (Lipinski definition) is 5. The molecule has 0 saturated carbocycles. The summed E-state index contributed by atoms with van der Waals surface area (Å²) in [6.45, 7) is 6.16. The molecule has 23 heavy (non-hydrogen) atoms. The van der Waals surface area contributed by atoms with Gasteiger partial charge in [0.2, 0.25) is 5.91 Å². The maximum Gasteiger partial charge on any atom is 0.220 e. The summed E-state index contributed by atoms with van der Waals surface area (Å²) in [6.07, 6.45) is 4.30. The number of carbonyl (C=O) groups is 1. The Labute approximate surface area is 136 Å². The third kappa shape index (κ3) is 3.60. The Bertz CT molecular complexity index is 676. The molecule has 2 aromatic rings. The summed E-state index contributed by atoms with van der Waals surface area (Å²) in [5.41, 5.74) is 0.727. The van der Waals surface area contributed by atoms with Gasteiger partial charge in [-0.2, -0.15) is 4.52 Å². The molecule has 3 heterocycles. The van der Waals surface area contributed by atoms with Crippen molar-refractivity contribution >= 4 is 17.4 Å². The number of amides is 1. The molecular weight excluding hydrogens is 292 g/mol. The number of nitrogens with zero attached hydrogens (tertiary/aromatic N) is 5. The molecule has 124 valence electrons. The lowest BCUT2D eigenvalue weighted by molar-refractivity contribution is -0.121. The van der Waals surface area contributed by atoms with E-state index in [1.165, 1.54) is 12.8 Å². The van der Waals surface area contributed by atoms with E-state index >= 15 is 0 Å². The van der Waals surface area contributed by atoms with Gasteiger partial charge in [-0.05, 0) is 38.3 Å². The average Bonchev–Trinajstić information content (AvgIpc) is 3.22. The molecule has 7 heteroatoms.